The van der Waals surface area contributed by atoms with E-state index in [1.165, 1.54) is 11.1 Å². The molecule has 47 heavy (non-hydrogen) atoms. The summed E-state index contributed by atoms with van der Waals surface area (Å²) in [5.74, 6) is 0.289. The summed E-state index contributed by atoms with van der Waals surface area (Å²) in [6, 6.07) is 36.8. The molecular weight excluding hydrogens is 757 g/mol. The zero-order chi connectivity index (χ0) is 32.9. The molecule has 0 spiro atoms. The van der Waals surface area contributed by atoms with E-state index in [0.717, 1.165) is 69.0 Å². The molecule has 6 heteroatoms. The Morgan fingerprint density at radius 3 is 1.19 bits per heavy atom. The smallest absolute Gasteiger partial charge is 0.366 e. The van der Waals surface area contributed by atoms with Crippen LogP contribution in [0.25, 0.3) is 45.0 Å². The first-order valence-corrected chi connectivity index (χ1v) is 15.5. The number of nitrogens with zero attached hydrogens (tertiary/aromatic N) is 4. The Morgan fingerprint density at radius 1 is 0.532 bits per heavy atom. The van der Waals surface area contributed by atoms with Gasteiger partial charge in [0.1, 0.15) is 5.78 Å². The molecule has 6 rings (SSSR count). The van der Waals surface area contributed by atoms with Crippen molar-refractivity contribution < 1.29 is 24.9 Å². The number of hydrogen-bond acceptors (Lipinski definition) is 5. The molecule has 2 aromatic heterocycles. The summed E-state index contributed by atoms with van der Waals surface area (Å²) >= 11 is 0. The Labute approximate surface area is 293 Å². The second-order valence-electron chi connectivity index (χ2n) is 11.1. The van der Waals surface area contributed by atoms with Crippen LogP contribution in [0.4, 0.5) is 0 Å². The molecule has 0 aliphatic carbocycles. The van der Waals surface area contributed by atoms with E-state index in [0.29, 0.717) is 0 Å². The topological polar surface area (TPSA) is 68.6 Å². The van der Waals surface area contributed by atoms with Crippen LogP contribution in [0.3, 0.4) is 0 Å². The fourth-order valence-electron chi connectivity index (χ4n) is 5.12. The second-order valence-corrected chi connectivity index (χ2v) is 11.1. The van der Waals surface area contributed by atoms with Crippen LogP contribution < -0.4 is 0 Å². The number of Topliss-reactive ketones (excluding diaryl/α,β-unsaturated/α-hetero) is 1. The maximum Gasteiger partial charge on any atom is 3.00 e. The standard InChI is InChI=1S/2C18H15N2.C5H10O.Ir/c2*1-13-8-6-7-11-16(13)18-14(2)17(19-12-20-18)15-9-4-3-5-10-15;1-3-4-5(2)6;/h2*3-11H,1-2H3;3-4H2,1-2H3;/q2*-1;;+3. The number of benzene rings is 4. The predicted octanol–water partition coefficient (Wildman–Crippen LogP) is 9.83. The molecule has 0 saturated carbocycles. The Balaban J connectivity index is 0.000000215. The molecule has 0 aliphatic heterocycles. The zero-order valence-corrected chi connectivity index (χ0v) is 30.2. The SMILES string of the molecule is CCCC(C)=O.Cc1ccccc1-c1n[c-]nc(-c2ccccc2)c1C.Cc1ccccc1-c1n[c-]nc(-c2ccccc2)c1C.[Ir+3]. The largest absolute Gasteiger partial charge is 3.00 e. The molecule has 0 saturated heterocycles. The van der Waals surface area contributed by atoms with E-state index in [9.17, 15) is 4.79 Å². The summed E-state index contributed by atoms with van der Waals surface area (Å²) in [6.45, 7) is 11.9. The van der Waals surface area contributed by atoms with Gasteiger partial charge in [-0.1, -0.05) is 163 Å². The van der Waals surface area contributed by atoms with Crippen molar-refractivity contribution >= 4 is 5.78 Å². The van der Waals surface area contributed by atoms with Gasteiger partial charge >= 0.3 is 20.1 Å². The Morgan fingerprint density at radius 2 is 0.872 bits per heavy atom. The van der Waals surface area contributed by atoms with Gasteiger partial charge in [0.15, 0.2) is 0 Å². The minimum Gasteiger partial charge on any atom is -0.366 e. The molecule has 0 N–H and O–H groups in total. The van der Waals surface area contributed by atoms with Gasteiger partial charge in [0, 0.05) is 19.1 Å². The maximum absolute atomic E-state index is 10.0. The molecule has 2 heterocycles. The van der Waals surface area contributed by atoms with Gasteiger partial charge in [-0.3, -0.25) is 0 Å². The van der Waals surface area contributed by atoms with E-state index in [1.807, 2.05) is 67.6 Å². The second kappa shape index (κ2) is 18.5. The van der Waals surface area contributed by atoms with Gasteiger partial charge in [0.2, 0.25) is 0 Å². The van der Waals surface area contributed by atoms with Crippen LogP contribution in [-0.4, -0.2) is 25.7 Å². The molecule has 6 aromatic rings. The van der Waals surface area contributed by atoms with Gasteiger partial charge in [-0.15, -0.1) is 11.1 Å². The van der Waals surface area contributed by atoms with Crippen molar-refractivity contribution in [3.8, 4) is 45.0 Å². The van der Waals surface area contributed by atoms with Crippen LogP contribution in [0.15, 0.2) is 109 Å². The van der Waals surface area contributed by atoms with Crippen LogP contribution >= 0.6 is 0 Å². The average Bonchev–Trinajstić information content (AvgIpc) is 3.07. The van der Waals surface area contributed by atoms with Crippen molar-refractivity contribution in [3.05, 3.63) is 144 Å². The maximum atomic E-state index is 10.0. The molecule has 0 atom stereocenters. The normalized spacial score (nSPS) is 10.0. The Bertz CT molecular complexity index is 1740. The van der Waals surface area contributed by atoms with Crippen molar-refractivity contribution in [2.75, 3.05) is 0 Å². The minimum absolute atomic E-state index is 0. The van der Waals surface area contributed by atoms with Crippen LogP contribution in [0, 0.1) is 40.3 Å². The molecule has 5 nitrogen and oxygen atoms in total. The van der Waals surface area contributed by atoms with Gasteiger partial charge < -0.3 is 24.7 Å². The summed E-state index contributed by atoms with van der Waals surface area (Å²) in [7, 11) is 0. The van der Waals surface area contributed by atoms with E-state index in [4.69, 9.17) is 0 Å². The molecule has 0 amide bonds. The number of aryl methyl sites for hydroxylation is 2. The van der Waals surface area contributed by atoms with Crippen molar-refractivity contribution in [3.63, 3.8) is 0 Å². The summed E-state index contributed by atoms with van der Waals surface area (Å²) < 4.78 is 0. The van der Waals surface area contributed by atoms with Crippen molar-refractivity contribution in [2.45, 2.75) is 54.4 Å². The van der Waals surface area contributed by atoms with Crippen LogP contribution in [-0.2, 0) is 24.9 Å². The predicted molar refractivity (Wildman–Crippen MR) is 188 cm³/mol. The van der Waals surface area contributed by atoms with Crippen molar-refractivity contribution in [1.29, 1.82) is 0 Å². The summed E-state index contributed by atoms with van der Waals surface area (Å²) in [6.07, 6.45) is 7.31. The summed E-state index contributed by atoms with van der Waals surface area (Å²) in [5.41, 5.74) is 12.9. The molecule has 0 fully saturated rings. The van der Waals surface area contributed by atoms with Crippen LogP contribution in [0.1, 0.15) is 48.9 Å². The Hall–Kier alpha value is -4.64. The third-order valence-corrected chi connectivity index (χ3v) is 7.56. The number of rotatable bonds is 6. The third-order valence-electron chi connectivity index (χ3n) is 7.56. The molecule has 4 aromatic carbocycles. The number of ketones is 1. The van der Waals surface area contributed by atoms with Gasteiger partial charge in [-0.2, -0.15) is 0 Å². The third kappa shape index (κ3) is 9.92. The first-order chi connectivity index (χ1) is 22.3. The summed E-state index contributed by atoms with van der Waals surface area (Å²) in [4.78, 5) is 27.4. The van der Waals surface area contributed by atoms with E-state index in [1.54, 1.807) is 6.92 Å². The van der Waals surface area contributed by atoms with E-state index in [2.05, 4.69) is 109 Å². The molecule has 0 bridgehead atoms. The summed E-state index contributed by atoms with van der Waals surface area (Å²) in [5, 5.41) is 0. The number of carbonyl (C=O) groups excluding carboxylic acids is 1. The van der Waals surface area contributed by atoms with Gasteiger partial charge in [-0.25, -0.2) is 0 Å². The fourth-order valence-corrected chi connectivity index (χ4v) is 5.12. The molecular formula is C41H40IrN4O+. The van der Waals surface area contributed by atoms with E-state index < -0.39 is 0 Å². The first kappa shape index (κ1) is 36.8. The minimum atomic E-state index is 0. The van der Waals surface area contributed by atoms with E-state index in [-0.39, 0.29) is 25.9 Å². The van der Waals surface area contributed by atoms with E-state index >= 15 is 0 Å². The molecule has 238 valence electrons. The van der Waals surface area contributed by atoms with Gasteiger partial charge in [0.05, 0.1) is 0 Å². The molecule has 0 aliphatic rings. The van der Waals surface area contributed by atoms with Crippen molar-refractivity contribution in [1.82, 2.24) is 19.9 Å². The number of aromatic nitrogens is 4. The Kier molecular flexibility index (Phi) is 14.5. The quantitative estimate of drug-likeness (QED) is 0.157. The van der Waals surface area contributed by atoms with Crippen LogP contribution in [0.5, 0.6) is 0 Å². The monoisotopic (exact) mass is 797 g/mol. The van der Waals surface area contributed by atoms with Gasteiger partial charge in [-0.05, 0) is 50.0 Å². The molecule has 0 unspecified atom stereocenters. The average molecular weight is 797 g/mol. The molecule has 0 radical (unpaired) electrons. The zero-order valence-electron chi connectivity index (χ0n) is 27.8. The van der Waals surface area contributed by atoms with Gasteiger partial charge in [0.25, 0.3) is 0 Å². The van der Waals surface area contributed by atoms with Crippen LogP contribution in [0.2, 0.25) is 0 Å². The number of carbonyl (C=O) groups is 1. The number of hydrogen-bond donors (Lipinski definition) is 0. The van der Waals surface area contributed by atoms with Crippen molar-refractivity contribution in [2.24, 2.45) is 0 Å². The first-order valence-electron chi connectivity index (χ1n) is 15.5. The fraction of sp³-hybridized carbons (Fsp3) is 0.195.